The summed E-state index contributed by atoms with van der Waals surface area (Å²) in [5.41, 5.74) is 5.94. The first kappa shape index (κ1) is 38.7. The normalized spacial score (nSPS) is 11.2. The van der Waals surface area contributed by atoms with E-state index < -0.39 is 0 Å². The number of aromatic nitrogens is 5. The van der Waals surface area contributed by atoms with Crippen molar-refractivity contribution in [1.29, 1.82) is 0 Å². The van der Waals surface area contributed by atoms with E-state index in [1.807, 2.05) is 114 Å². The molecule has 4 heterocycles. The van der Waals surface area contributed by atoms with Gasteiger partial charge < -0.3 is 24.0 Å². The minimum atomic E-state index is 0. The van der Waals surface area contributed by atoms with Gasteiger partial charge in [-0.05, 0) is 46.8 Å². The van der Waals surface area contributed by atoms with E-state index in [1.54, 1.807) is 12.4 Å². The van der Waals surface area contributed by atoms with Gasteiger partial charge in [-0.1, -0.05) is 75.1 Å². The third-order valence-electron chi connectivity index (χ3n) is 9.07. The van der Waals surface area contributed by atoms with Crippen LogP contribution in [0.25, 0.3) is 50.3 Å². The van der Waals surface area contributed by atoms with Crippen LogP contribution in [-0.4, -0.2) is 24.5 Å². The Balaban J connectivity index is 0.00000249. The third kappa shape index (κ3) is 8.08. The summed E-state index contributed by atoms with van der Waals surface area (Å²) in [5.74, 6) is 3.91. The molecule has 272 valence electrons. The fraction of sp³-hybridized carbons (Fsp3) is 0.156. The molecule has 0 bridgehead atoms. The molecule has 0 radical (unpaired) electrons. The maximum atomic E-state index is 6.35. The second kappa shape index (κ2) is 17.0. The number of benzene rings is 4. The molecule has 0 atom stereocenters. The van der Waals surface area contributed by atoms with Crippen molar-refractivity contribution in [3.63, 3.8) is 0 Å². The van der Waals surface area contributed by atoms with E-state index in [1.165, 1.54) is 0 Å². The Kier molecular flexibility index (Phi) is 12.2. The van der Waals surface area contributed by atoms with Gasteiger partial charge in [0.2, 0.25) is 5.95 Å². The summed E-state index contributed by atoms with van der Waals surface area (Å²) >= 11 is 0. The molecule has 0 aliphatic heterocycles. The second-order valence-electron chi connectivity index (χ2n) is 13.3. The van der Waals surface area contributed by atoms with E-state index in [4.69, 9.17) is 19.4 Å². The molecule has 8 aromatic rings. The minimum absolute atomic E-state index is 0. The van der Waals surface area contributed by atoms with Crippen LogP contribution in [-0.2, 0) is 41.5 Å². The van der Waals surface area contributed by atoms with Gasteiger partial charge in [-0.15, -0.1) is 71.8 Å². The molecule has 0 aliphatic rings. The summed E-state index contributed by atoms with van der Waals surface area (Å²) in [7, 11) is 0. The first-order valence-corrected chi connectivity index (χ1v) is 17.4. The molecule has 0 aliphatic carbocycles. The van der Waals surface area contributed by atoms with Crippen LogP contribution in [0.2, 0.25) is 0 Å². The second-order valence-corrected chi connectivity index (χ2v) is 13.3. The van der Waals surface area contributed by atoms with Gasteiger partial charge in [-0.25, -0.2) is 9.97 Å². The van der Waals surface area contributed by atoms with Crippen molar-refractivity contribution >= 4 is 21.8 Å². The van der Waals surface area contributed by atoms with Crippen LogP contribution in [0.1, 0.15) is 39.2 Å². The molecule has 0 fully saturated rings. The molecule has 0 spiro atoms. The summed E-state index contributed by atoms with van der Waals surface area (Å²) in [6.45, 7) is 8.97. The van der Waals surface area contributed by atoms with Gasteiger partial charge in [0.25, 0.3) is 0 Å². The van der Waals surface area contributed by atoms with Crippen LogP contribution in [0.3, 0.4) is 0 Å². The molecule has 54 heavy (non-hydrogen) atoms. The van der Waals surface area contributed by atoms with Crippen LogP contribution < -0.4 is 9.47 Å². The summed E-state index contributed by atoms with van der Waals surface area (Å²) < 4.78 is 14.7. The molecular weight excluding hydrogens is 944 g/mol. The smallest absolute Gasteiger partial charge is 0.503 e. The maximum Gasteiger partial charge on any atom is 2.00 e. The number of hydrogen-bond acceptors (Lipinski definition) is 6. The van der Waals surface area contributed by atoms with Gasteiger partial charge in [0.15, 0.2) is 0 Å². The Hall–Kier alpha value is -4.99. The van der Waals surface area contributed by atoms with Gasteiger partial charge in [0.05, 0.1) is 0 Å². The molecule has 4 aromatic carbocycles. The number of rotatable bonds is 10. The molecular formula is C45H35N5O2PdPt. The summed E-state index contributed by atoms with van der Waals surface area (Å²) in [4.78, 5) is 18.8. The number of pyridine rings is 2. The van der Waals surface area contributed by atoms with Gasteiger partial charge in [0.1, 0.15) is 0 Å². The average molecular weight is 979 g/mol. The number of nitrogens with zero attached hydrogens (tertiary/aromatic N) is 5. The maximum absolute atomic E-state index is 6.35. The van der Waals surface area contributed by atoms with E-state index >= 15 is 0 Å². The van der Waals surface area contributed by atoms with E-state index in [2.05, 4.69) is 61.9 Å². The van der Waals surface area contributed by atoms with E-state index in [0.29, 0.717) is 46.7 Å². The molecule has 9 heteroatoms. The van der Waals surface area contributed by atoms with Crippen LogP contribution >= 0.6 is 0 Å². The molecule has 0 saturated heterocycles. The van der Waals surface area contributed by atoms with Gasteiger partial charge in [0, 0.05) is 47.8 Å². The predicted molar refractivity (Wildman–Crippen MR) is 204 cm³/mol. The molecule has 0 amide bonds. The minimum Gasteiger partial charge on any atom is -0.503 e. The zero-order chi connectivity index (χ0) is 35.6. The molecule has 0 unspecified atom stereocenters. The van der Waals surface area contributed by atoms with Crippen molar-refractivity contribution in [2.75, 3.05) is 0 Å². The Morgan fingerprint density at radius 3 is 1.41 bits per heavy atom. The first-order chi connectivity index (χ1) is 25.4. The monoisotopic (exact) mass is 978 g/mol. The van der Waals surface area contributed by atoms with Crippen molar-refractivity contribution in [2.45, 2.75) is 33.6 Å². The largest absolute Gasteiger partial charge is 2.00 e. The van der Waals surface area contributed by atoms with E-state index in [0.717, 1.165) is 49.9 Å². The topological polar surface area (TPSA) is 75.0 Å². The SMILES string of the molecule is CC(C)C(c1cnc(-n2c3[c-]c(Oc4[c-]c(-c5ccccn5)ccc4)ccc3c3ccc(Oc4[c-]c(-c5ccccn5)ccc4)[c-]c32)nc1)C(C)C.[Pd+2].[Pt+2]. The molecule has 0 N–H and O–H groups in total. The van der Waals surface area contributed by atoms with Gasteiger partial charge in [-0.2, -0.15) is 22.9 Å². The fourth-order valence-electron chi connectivity index (χ4n) is 6.90. The van der Waals surface area contributed by atoms with Gasteiger partial charge in [-0.3, -0.25) is 0 Å². The quantitative estimate of drug-likeness (QED) is 0.100. The molecule has 8 rings (SSSR count). The van der Waals surface area contributed by atoms with Crippen LogP contribution in [0.15, 0.2) is 122 Å². The van der Waals surface area contributed by atoms with Crippen molar-refractivity contribution in [3.8, 4) is 51.5 Å². The number of hydrogen-bond donors (Lipinski definition) is 0. The first-order valence-electron chi connectivity index (χ1n) is 17.4. The third-order valence-corrected chi connectivity index (χ3v) is 9.07. The zero-order valence-corrected chi connectivity index (χ0v) is 33.8. The standard InChI is InChI=1S/C45H35N5O2.Pd.Pt/c1-29(2)44(30(3)4)33-27-48-45(49-28-33)50-42-25-36(51-34-13-9-11-31(23-34)40-15-5-7-21-46-40)17-19-38(42)39-20-18-37(26-43(39)50)52-35-14-10-12-32(24-35)41-16-6-8-22-47-41;;/h5-22,27-30,44H,1-4H3;;/q-4;2*+2. The van der Waals surface area contributed by atoms with Crippen molar-refractivity contribution < 1.29 is 51.0 Å². The number of ether oxygens (including phenoxy) is 2. The van der Waals surface area contributed by atoms with Crippen LogP contribution in [0, 0.1) is 36.1 Å². The van der Waals surface area contributed by atoms with Crippen LogP contribution in [0.5, 0.6) is 23.0 Å². The Bertz CT molecular complexity index is 2340. The van der Waals surface area contributed by atoms with Crippen molar-refractivity contribution in [3.05, 3.63) is 152 Å². The Labute approximate surface area is 343 Å². The zero-order valence-electron chi connectivity index (χ0n) is 30.0. The predicted octanol–water partition coefficient (Wildman–Crippen LogP) is 10.9. The molecule has 0 saturated carbocycles. The Morgan fingerprint density at radius 2 is 0.981 bits per heavy atom. The van der Waals surface area contributed by atoms with Gasteiger partial charge >= 0.3 is 41.5 Å². The van der Waals surface area contributed by atoms with E-state index in [-0.39, 0.29) is 41.5 Å². The molecule has 7 nitrogen and oxygen atoms in total. The summed E-state index contributed by atoms with van der Waals surface area (Å²) in [5, 5.41) is 1.91. The van der Waals surface area contributed by atoms with E-state index in [9.17, 15) is 0 Å². The Morgan fingerprint density at radius 1 is 0.519 bits per heavy atom. The average Bonchev–Trinajstić information content (AvgIpc) is 3.48. The summed E-state index contributed by atoms with van der Waals surface area (Å²) in [6, 6.07) is 44.7. The van der Waals surface area contributed by atoms with Crippen LogP contribution in [0.4, 0.5) is 0 Å². The fourth-order valence-corrected chi connectivity index (χ4v) is 6.90. The number of fused-ring (bicyclic) bond motifs is 3. The van der Waals surface area contributed by atoms with Crippen molar-refractivity contribution in [2.24, 2.45) is 11.8 Å². The van der Waals surface area contributed by atoms with Crippen molar-refractivity contribution in [1.82, 2.24) is 24.5 Å². The molecule has 4 aromatic heterocycles. The summed E-state index contributed by atoms with van der Waals surface area (Å²) in [6.07, 6.45) is 7.43.